The summed E-state index contributed by atoms with van der Waals surface area (Å²) in [6, 6.07) is 0. The Morgan fingerprint density at radius 3 is 3.42 bits per heavy atom. The molecule has 1 heterocycles. The standard InChI is InChI=1S/C9H9NO2.H2/c11-9-10-8-5-3-1-2-4-7(8)6-12-9;/h1-2,4-5H,3,6H2,(H,10,11);1H. The summed E-state index contributed by atoms with van der Waals surface area (Å²) in [7, 11) is 0. The maximum Gasteiger partial charge on any atom is 0.411 e. The molecule has 0 atom stereocenters. The van der Waals surface area contributed by atoms with Crippen molar-refractivity contribution in [2.75, 3.05) is 6.61 Å². The van der Waals surface area contributed by atoms with Gasteiger partial charge in [0.25, 0.3) is 0 Å². The van der Waals surface area contributed by atoms with Gasteiger partial charge in [-0.05, 0) is 6.42 Å². The van der Waals surface area contributed by atoms with Crippen molar-refractivity contribution >= 4 is 6.09 Å². The first kappa shape index (κ1) is 7.16. The Hall–Kier alpha value is -1.51. The van der Waals surface area contributed by atoms with Crippen LogP contribution >= 0.6 is 0 Å². The number of nitrogens with one attached hydrogen (secondary N) is 1. The molecule has 1 N–H and O–H groups in total. The average molecular weight is 165 g/mol. The van der Waals surface area contributed by atoms with Gasteiger partial charge in [-0.3, -0.25) is 5.32 Å². The van der Waals surface area contributed by atoms with Crippen molar-refractivity contribution < 1.29 is 11.0 Å². The molecule has 0 radical (unpaired) electrons. The molecule has 1 aliphatic heterocycles. The second kappa shape index (κ2) is 2.85. The second-order valence-electron chi connectivity index (χ2n) is 2.67. The normalized spacial score (nSPS) is 21.2. The van der Waals surface area contributed by atoms with E-state index in [-0.39, 0.29) is 7.52 Å². The van der Waals surface area contributed by atoms with Crippen LogP contribution in [-0.2, 0) is 4.74 Å². The van der Waals surface area contributed by atoms with Crippen LogP contribution in [-0.4, -0.2) is 12.7 Å². The molecule has 3 nitrogen and oxygen atoms in total. The summed E-state index contributed by atoms with van der Waals surface area (Å²) in [6.45, 7) is 0.377. The summed E-state index contributed by atoms with van der Waals surface area (Å²) < 4.78 is 4.81. The van der Waals surface area contributed by atoms with E-state index in [1.807, 2.05) is 24.3 Å². The molecule has 1 aliphatic carbocycles. The Balaban J connectivity index is 0.000000845. The van der Waals surface area contributed by atoms with Gasteiger partial charge in [-0.15, -0.1) is 0 Å². The lowest BCUT2D eigenvalue weighted by molar-refractivity contribution is 0.152. The van der Waals surface area contributed by atoms with E-state index < -0.39 is 0 Å². The zero-order chi connectivity index (χ0) is 8.39. The molecule has 1 saturated heterocycles. The Kier molecular flexibility index (Phi) is 1.70. The maximum atomic E-state index is 10.8. The molecule has 1 amide bonds. The first-order chi connectivity index (χ1) is 5.86. The summed E-state index contributed by atoms with van der Waals surface area (Å²) in [5.74, 6) is 0. The Bertz CT molecular complexity index is 305. The van der Waals surface area contributed by atoms with Crippen molar-refractivity contribution in [2.45, 2.75) is 6.42 Å². The van der Waals surface area contributed by atoms with Crippen molar-refractivity contribution in [1.82, 2.24) is 5.32 Å². The highest BCUT2D eigenvalue weighted by molar-refractivity contribution is 5.73. The van der Waals surface area contributed by atoms with Gasteiger partial charge in [-0.25, -0.2) is 4.79 Å². The van der Waals surface area contributed by atoms with Crippen molar-refractivity contribution in [3.05, 3.63) is 35.6 Å². The molecule has 0 bridgehead atoms. The fourth-order valence-electron chi connectivity index (χ4n) is 1.22. The number of hydrogen-bond donors (Lipinski definition) is 1. The lowest BCUT2D eigenvalue weighted by Gasteiger charge is -2.18. The Morgan fingerprint density at radius 1 is 1.58 bits per heavy atom. The zero-order valence-corrected chi connectivity index (χ0v) is 6.54. The Labute approximate surface area is 71.9 Å². The summed E-state index contributed by atoms with van der Waals surface area (Å²) in [4.78, 5) is 10.8. The number of ether oxygens (including phenoxy) is 1. The van der Waals surface area contributed by atoms with E-state index in [2.05, 4.69) is 5.32 Å². The van der Waals surface area contributed by atoms with Gasteiger partial charge in [0.05, 0.1) is 0 Å². The van der Waals surface area contributed by atoms with Crippen LogP contribution in [0, 0.1) is 0 Å². The summed E-state index contributed by atoms with van der Waals surface area (Å²) in [5, 5.41) is 2.65. The number of carbonyl (C=O) groups is 1. The van der Waals surface area contributed by atoms with E-state index in [4.69, 9.17) is 4.74 Å². The number of hydrogen-bond acceptors (Lipinski definition) is 2. The Morgan fingerprint density at radius 2 is 2.50 bits per heavy atom. The van der Waals surface area contributed by atoms with Gasteiger partial charge in [0.15, 0.2) is 0 Å². The number of allylic oxidation sites excluding steroid dienone is 4. The zero-order valence-electron chi connectivity index (χ0n) is 6.54. The van der Waals surface area contributed by atoms with Gasteiger partial charge in [-0.1, -0.05) is 24.3 Å². The smallest absolute Gasteiger partial charge is 0.411 e. The molecular formula is C9H11NO2. The molecule has 0 aromatic heterocycles. The topological polar surface area (TPSA) is 38.3 Å². The van der Waals surface area contributed by atoms with Gasteiger partial charge in [-0.2, -0.15) is 0 Å². The van der Waals surface area contributed by atoms with Crippen LogP contribution in [0.25, 0.3) is 0 Å². The SMILES string of the molecule is O=C1NC2=CCC=CC=C2CO1.[HH]. The molecule has 2 rings (SSSR count). The monoisotopic (exact) mass is 165 g/mol. The molecule has 0 saturated carbocycles. The molecule has 0 spiro atoms. The molecule has 0 aromatic carbocycles. The van der Waals surface area contributed by atoms with Crippen LogP contribution in [0.1, 0.15) is 7.85 Å². The predicted molar refractivity (Wildman–Crippen MR) is 46.5 cm³/mol. The first-order valence-corrected chi connectivity index (χ1v) is 3.86. The lowest BCUT2D eigenvalue weighted by Crippen LogP contribution is -2.31. The fraction of sp³-hybridized carbons (Fsp3) is 0.222. The average Bonchev–Trinajstić information content (AvgIpc) is 2.28. The predicted octanol–water partition coefficient (Wildman–Crippen LogP) is 1.74. The van der Waals surface area contributed by atoms with Crippen molar-refractivity contribution in [3.63, 3.8) is 0 Å². The number of amides is 1. The highest BCUT2D eigenvalue weighted by Crippen LogP contribution is 2.16. The number of alkyl carbamates (subject to hydrolysis) is 1. The van der Waals surface area contributed by atoms with Gasteiger partial charge in [0.2, 0.25) is 0 Å². The highest BCUT2D eigenvalue weighted by Gasteiger charge is 2.17. The van der Waals surface area contributed by atoms with Gasteiger partial charge in [0, 0.05) is 12.7 Å². The van der Waals surface area contributed by atoms with Crippen LogP contribution in [0.15, 0.2) is 35.6 Å². The van der Waals surface area contributed by atoms with E-state index in [9.17, 15) is 4.79 Å². The fourth-order valence-corrected chi connectivity index (χ4v) is 1.22. The molecule has 0 unspecified atom stereocenters. The van der Waals surface area contributed by atoms with Crippen LogP contribution in [0.4, 0.5) is 4.79 Å². The number of cyclic esters (lactones) is 1. The van der Waals surface area contributed by atoms with Crippen molar-refractivity contribution in [2.24, 2.45) is 0 Å². The third-order valence-corrected chi connectivity index (χ3v) is 1.83. The minimum Gasteiger partial charge on any atom is -0.444 e. The molecule has 0 aromatic rings. The number of fused-ring (bicyclic) bond motifs is 1. The van der Waals surface area contributed by atoms with Gasteiger partial charge < -0.3 is 4.74 Å². The number of rotatable bonds is 0. The highest BCUT2D eigenvalue weighted by atomic mass is 16.5. The van der Waals surface area contributed by atoms with Crippen LogP contribution in [0.5, 0.6) is 0 Å². The van der Waals surface area contributed by atoms with Gasteiger partial charge >= 0.3 is 6.09 Å². The lowest BCUT2D eigenvalue weighted by atomic mass is 10.1. The van der Waals surface area contributed by atoms with Crippen LogP contribution in [0.2, 0.25) is 0 Å². The quantitative estimate of drug-likeness (QED) is 0.593. The van der Waals surface area contributed by atoms with Crippen LogP contribution < -0.4 is 5.32 Å². The van der Waals surface area contributed by atoms with E-state index in [0.717, 1.165) is 17.7 Å². The molecule has 3 heteroatoms. The summed E-state index contributed by atoms with van der Waals surface area (Å²) in [5.41, 5.74) is 1.92. The van der Waals surface area contributed by atoms with E-state index in [1.54, 1.807) is 0 Å². The van der Waals surface area contributed by atoms with Crippen molar-refractivity contribution in [1.29, 1.82) is 0 Å². The van der Waals surface area contributed by atoms with E-state index in [0.29, 0.717) is 6.61 Å². The van der Waals surface area contributed by atoms with E-state index in [1.165, 1.54) is 0 Å². The van der Waals surface area contributed by atoms with Gasteiger partial charge in [0.1, 0.15) is 6.61 Å². The molecule has 1 fully saturated rings. The molecule has 64 valence electrons. The summed E-state index contributed by atoms with van der Waals surface area (Å²) in [6.07, 6.45) is 8.44. The van der Waals surface area contributed by atoms with Crippen molar-refractivity contribution in [3.8, 4) is 0 Å². The number of carbonyl (C=O) groups excluding carboxylic acids is 1. The largest absolute Gasteiger partial charge is 0.444 e. The minimum absolute atomic E-state index is 0. The van der Waals surface area contributed by atoms with Crippen LogP contribution in [0.3, 0.4) is 0 Å². The molecule has 12 heavy (non-hydrogen) atoms. The third kappa shape index (κ3) is 1.25. The summed E-state index contributed by atoms with van der Waals surface area (Å²) >= 11 is 0. The third-order valence-electron chi connectivity index (χ3n) is 1.83. The van der Waals surface area contributed by atoms with E-state index >= 15 is 0 Å². The maximum absolute atomic E-state index is 10.8. The first-order valence-electron chi connectivity index (χ1n) is 3.86. The molecule has 2 aliphatic rings. The molecular weight excluding hydrogens is 154 g/mol. The second-order valence-corrected chi connectivity index (χ2v) is 2.67. The minimum atomic E-state index is -0.361.